The zero-order valence-electron chi connectivity index (χ0n) is 12.1. The standard InChI is InChI=1S/C11H17N9O/c1-4-13-9-16-10(14-5-8(21)19(2)3)18-11(17-9)20-7-12-6-15-20/h6-7H,4-5H2,1-3H3,(H2,13,14,16,17,18). The molecule has 0 fully saturated rings. The van der Waals surface area contributed by atoms with Gasteiger partial charge in [-0.15, -0.1) is 0 Å². The third kappa shape index (κ3) is 3.84. The maximum atomic E-state index is 11.6. The molecule has 0 aliphatic carbocycles. The first-order valence-electron chi connectivity index (χ1n) is 6.39. The van der Waals surface area contributed by atoms with Gasteiger partial charge in [0.25, 0.3) is 5.95 Å². The molecule has 0 radical (unpaired) electrons. The predicted octanol–water partition coefficient (Wildman–Crippen LogP) is -0.616. The fourth-order valence-corrected chi connectivity index (χ4v) is 1.41. The average molecular weight is 291 g/mol. The highest BCUT2D eigenvalue weighted by molar-refractivity contribution is 5.79. The van der Waals surface area contributed by atoms with Crippen LogP contribution in [0, 0.1) is 0 Å². The first kappa shape index (κ1) is 14.6. The molecule has 1 amide bonds. The minimum atomic E-state index is -0.0808. The lowest BCUT2D eigenvalue weighted by molar-refractivity contribution is -0.126. The Labute approximate surface area is 121 Å². The van der Waals surface area contributed by atoms with E-state index in [1.54, 1.807) is 14.1 Å². The third-order valence-corrected chi connectivity index (χ3v) is 2.48. The Morgan fingerprint density at radius 1 is 1.24 bits per heavy atom. The molecule has 2 rings (SSSR count). The van der Waals surface area contributed by atoms with Crippen LogP contribution in [0.2, 0.25) is 0 Å². The van der Waals surface area contributed by atoms with Crippen LogP contribution >= 0.6 is 0 Å². The Morgan fingerprint density at radius 2 is 1.95 bits per heavy atom. The number of nitrogens with one attached hydrogen (secondary N) is 2. The Balaban J connectivity index is 2.21. The first-order chi connectivity index (χ1) is 10.1. The predicted molar refractivity (Wildman–Crippen MR) is 76.1 cm³/mol. The maximum Gasteiger partial charge on any atom is 0.258 e. The number of carbonyl (C=O) groups excluding carboxylic acids is 1. The van der Waals surface area contributed by atoms with Crippen molar-refractivity contribution in [2.45, 2.75) is 6.92 Å². The molecule has 0 saturated heterocycles. The molecule has 0 aromatic carbocycles. The Kier molecular flexibility index (Phi) is 4.59. The van der Waals surface area contributed by atoms with E-state index in [0.29, 0.717) is 24.4 Å². The van der Waals surface area contributed by atoms with Crippen molar-refractivity contribution in [1.29, 1.82) is 0 Å². The molecule has 10 heteroatoms. The fourth-order valence-electron chi connectivity index (χ4n) is 1.41. The Hall–Kier alpha value is -2.78. The van der Waals surface area contributed by atoms with E-state index >= 15 is 0 Å². The lowest BCUT2D eigenvalue weighted by atomic mass is 10.5. The van der Waals surface area contributed by atoms with Crippen LogP contribution < -0.4 is 10.6 Å². The van der Waals surface area contributed by atoms with E-state index in [1.165, 1.54) is 22.2 Å². The molecule has 2 aromatic rings. The van der Waals surface area contributed by atoms with Gasteiger partial charge in [0.15, 0.2) is 0 Å². The van der Waals surface area contributed by atoms with Gasteiger partial charge in [-0.2, -0.15) is 24.7 Å². The molecular formula is C11H17N9O. The highest BCUT2D eigenvalue weighted by Crippen LogP contribution is 2.08. The number of rotatable bonds is 6. The van der Waals surface area contributed by atoms with Crippen molar-refractivity contribution < 1.29 is 4.79 Å². The van der Waals surface area contributed by atoms with Gasteiger partial charge in [0.1, 0.15) is 12.7 Å². The van der Waals surface area contributed by atoms with Gasteiger partial charge in [0.05, 0.1) is 6.54 Å². The highest BCUT2D eigenvalue weighted by atomic mass is 16.2. The number of amides is 1. The summed E-state index contributed by atoms with van der Waals surface area (Å²) in [5, 5.41) is 9.85. The topological polar surface area (TPSA) is 114 Å². The number of likely N-dealkylation sites (N-methyl/N-ethyl adjacent to an activating group) is 1. The van der Waals surface area contributed by atoms with E-state index in [4.69, 9.17) is 0 Å². The second-order valence-corrected chi connectivity index (χ2v) is 4.29. The molecule has 0 aliphatic heterocycles. The third-order valence-electron chi connectivity index (χ3n) is 2.48. The molecule has 0 aliphatic rings. The van der Waals surface area contributed by atoms with Crippen molar-refractivity contribution in [1.82, 2.24) is 34.6 Å². The molecular weight excluding hydrogens is 274 g/mol. The Bertz CT molecular complexity index is 596. The largest absolute Gasteiger partial charge is 0.354 e. The summed E-state index contributed by atoms with van der Waals surface area (Å²) in [7, 11) is 3.37. The fraction of sp³-hybridized carbons (Fsp3) is 0.455. The summed E-state index contributed by atoms with van der Waals surface area (Å²) in [6.07, 6.45) is 2.87. The molecule has 0 spiro atoms. The minimum Gasteiger partial charge on any atom is -0.354 e. The molecule has 0 saturated carbocycles. The molecule has 112 valence electrons. The summed E-state index contributed by atoms with van der Waals surface area (Å²) in [5.41, 5.74) is 0. The summed E-state index contributed by atoms with van der Waals surface area (Å²) in [5.74, 6) is 0.931. The normalized spacial score (nSPS) is 10.2. The van der Waals surface area contributed by atoms with Crippen molar-refractivity contribution in [2.24, 2.45) is 0 Å². The van der Waals surface area contributed by atoms with Gasteiger partial charge < -0.3 is 15.5 Å². The highest BCUT2D eigenvalue weighted by Gasteiger charge is 2.10. The first-order valence-corrected chi connectivity index (χ1v) is 6.39. The van der Waals surface area contributed by atoms with Gasteiger partial charge >= 0.3 is 0 Å². The van der Waals surface area contributed by atoms with Crippen LogP contribution in [0.3, 0.4) is 0 Å². The van der Waals surface area contributed by atoms with E-state index in [1.807, 2.05) is 6.92 Å². The molecule has 0 atom stereocenters. The number of nitrogens with zero attached hydrogens (tertiary/aromatic N) is 7. The zero-order valence-corrected chi connectivity index (χ0v) is 12.1. The van der Waals surface area contributed by atoms with Crippen LogP contribution in [0.1, 0.15) is 6.92 Å². The van der Waals surface area contributed by atoms with Gasteiger partial charge in [0.2, 0.25) is 17.8 Å². The van der Waals surface area contributed by atoms with Crippen molar-refractivity contribution >= 4 is 17.8 Å². The van der Waals surface area contributed by atoms with Gasteiger partial charge in [0, 0.05) is 20.6 Å². The van der Waals surface area contributed by atoms with Crippen molar-refractivity contribution in [2.75, 3.05) is 37.8 Å². The maximum absolute atomic E-state index is 11.6. The van der Waals surface area contributed by atoms with Crippen LogP contribution in [-0.2, 0) is 4.79 Å². The minimum absolute atomic E-state index is 0.0808. The second kappa shape index (κ2) is 6.59. The van der Waals surface area contributed by atoms with Gasteiger partial charge in [-0.1, -0.05) is 0 Å². The van der Waals surface area contributed by atoms with Crippen LogP contribution in [0.15, 0.2) is 12.7 Å². The van der Waals surface area contributed by atoms with Crippen molar-refractivity contribution in [3.63, 3.8) is 0 Å². The smallest absolute Gasteiger partial charge is 0.258 e. The summed E-state index contributed by atoms with van der Waals surface area (Å²) >= 11 is 0. The van der Waals surface area contributed by atoms with Gasteiger partial charge in [-0.25, -0.2) is 4.98 Å². The van der Waals surface area contributed by atoms with Gasteiger partial charge in [-0.05, 0) is 6.92 Å². The van der Waals surface area contributed by atoms with Crippen molar-refractivity contribution in [3.05, 3.63) is 12.7 Å². The summed E-state index contributed by atoms with van der Waals surface area (Å²) in [6, 6.07) is 0. The van der Waals surface area contributed by atoms with E-state index in [-0.39, 0.29) is 12.5 Å². The number of hydrogen-bond acceptors (Lipinski definition) is 8. The SMILES string of the molecule is CCNc1nc(NCC(=O)N(C)C)nc(-n2cncn2)n1. The summed E-state index contributed by atoms with van der Waals surface area (Å²) in [6.45, 7) is 2.69. The number of carbonyl (C=O) groups is 1. The average Bonchev–Trinajstić information content (AvgIpc) is 2.99. The van der Waals surface area contributed by atoms with Crippen LogP contribution in [0.5, 0.6) is 0 Å². The van der Waals surface area contributed by atoms with E-state index in [0.717, 1.165) is 0 Å². The molecule has 2 heterocycles. The lowest BCUT2D eigenvalue weighted by Crippen LogP contribution is -2.29. The van der Waals surface area contributed by atoms with Crippen LogP contribution in [0.4, 0.5) is 11.9 Å². The zero-order chi connectivity index (χ0) is 15.2. The molecule has 0 unspecified atom stereocenters. The van der Waals surface area contributed by atoms with E-state index < -0.39 is 0 Å². The van der Waals surface area contributed by atoms with Gasteiger partial charge in [-0.3, -0.25) is 4.79 Å². The molecule has 0 bridgehead atoms. The molecule has 2 N–H and O–H groups in total. The quantitative estimate of drug-likeness (QED) is 0.724. The molecule has 21 heavy (non-hydrogen) atoms. The molecule has 10 nitrogen and oxygen atoms in total. The number of anilines is 2. The monoisotopic (exact) mass is 291 g/mol. The van der Waals surface area contributed by atoms with E-state index in [2.05, 4.69) is 35.7 Å². The summed E-state index contributed by atoms with van der Waals surface area (Å²) < 4.78 is 1.42. The number of hydrogen-bond donors (Lipinski definition) is 2. The lowest BCUT2D eigenvalue weighted by Gasteiger charge is -2.12. The molecule has 2 aromatic heterocycles. The summed E-state index contributed by atoms with van der Waals surface area (Å²) in [4.78, 5) is 29.5. The Morgan fingerprint density at radius 3 is 2.52 bits per heavy atom. The van der Waals surface area contributed by atoms with Crippen LogP contribution in [0.25, 0.3) is 5.95 Å². The second-order valence-electron chi connectivity index (χ2n) is 4.29. The number of aromatic nitrogens is 6. The van der Waals surface area contributed by atoms with Crippen molar-refractivity contribution in [3.8, 4) is 5.95 Å². The van der Waals surface area contributed by atoms with Crippen LogP contribution in [-0.4, -0.2) is 67.7 Å². The van der Waals surface area contributed by atoms with E-state index in [9.17, 15) is 4.79 Å².